The number of Topliss-reactive ketones (excluding diaryl/α,β-unsaturated/α-hetero) is 1. The van der Waals surface area contributed by atoms with Gasteiger partial charge < -0.3 is 4.74 Å². The third-order valence-electron chi connectivity index (χ3n) is 2.02. The van der Waals surface area contributed by atoms with Crippen LogP contribution in [-0.4, -0.2) is 23.2 Å². The van der Waals surface area contributed by atoms with Crippen LogP contribution >= 0.6 is 0 Å². The molecular formula is C14H20FNO3. The van der Waals surface area contributed by atoms with E-state index >= 15 is 0 Å². The van der Waals surface area contributed by atoms with Gasteiger partial charge in [-0.1, -0.05) is 6.08 Å². The van der Waals surface area contributed by atoms with Crippen molar-refractivity contribution in [3.8, 4) is 0 Å². The molecule has 1 amide bonds. The fourth-order valence-electron chi connectivity index (χ4n) is 1.05. The third-order valence-corrected chi connectivity index (χ3v) is 2.02. The summed E-state index contributed by atoms with van der Waals surface area (Å²) in [5.41, 5.74) is -0.933. The number of amides is 1. The minimum absolute atomic E-state index is 0.0830. The minimum Gasteiger partial charge on any atom is -0.442 e. The molecule has 0 saturated carbocycles. The Bertz CT molecular complexity index is 450. The van der Waals surface area contributed by atoms with Crippen molar-refractivity contribution in [1.29, 1.82) is 0 Å². The predicted octanol–water partition coefficient (Wildman–Crippen LogP) is 3.77. The Balaban J connectivity index is 5.30. The van der Waals surface area contributed by atoms with Crippen LogP contribution in [0.3, 0.4) is 0 Å². The molecular weight excluding hydrogens is 249 g/mol. The lowest BCUT2D eigenvalue weighted by atomic mass is 10.1. The summed E-state index contributed by atoms with van der Waals surface area (Å²) in [5.74, 6) is -1.24. The second kappa shape index (κ2) is 6.97. The number of hydrogen-bond acceptors (Lipinski definition) is 3. The maximum absolute atomic E-state index is 13.0. The molecule has 0 aromatic carbocycles. The number of carbonyl (C=O) groups excluding carboxylic acids is 2. The molecule has 0 rings (SSSR count). The predicted molar refractivity (Wildman–Crippen MR) is 73.0 cm³/mol. The van der Waals surface area contributed by atoms with Crippen LogP contribution in [0.25, 0.3) is 0 Å². The number of allylic oxidation sites excluding steroid dienone is 4. The van der Waals surface area contributed by atoms with Gasteiger partial charge in [0.25, 0.3) is 0 Å². The second-order valence-corrected chi connectivity index (χ2v) is 4.96. The highest BCUT2D eigenvalue weighted by atomic mass is 19.1. The molecule has 0 aromatic heterocycles. The molecule has 4 nitrogen and oxygen atoms in total. The van der Waals surface area contributed by atoms with Gasteiger partial charge in [-0.2, -0.15) is 4.99 Å². The van der Waals surface area contributed by atoms with Crippen molar-refractivity contribution in [1.82, 2.24) is 0 Å². The Morgan fingerprint density at radius 2 is 1.74 bits per heavy atom. The summed E-state index contributed by atoms with van der Waals surface area (Å²) in [7, 11) is 0. The maximum atomic E-state index is 13.0. The van der Waals surface area contributed by atoms with Gasteiger partial charge >= 0.3 is 6.09 Å². The Hall–Kier alpha value is -1.78. The fraction of sp³-hybridized carbons (Fsp3) is 0.500. The molecule has 0 radical (unpaired) electrons. The molecule has 19 heavy (non-hydrogen) atoms. The molecule has 0 unspecified atom stereocenters. The lowest BCUT2D eigenvalue weighted by Gasteiger charge is -2.17. The minimum atomic E-state index is -0.877. The SMILES string of the molecule is C/C=C/C(=NC(=O)OC(C)(C)C)C(=O)/C(C)=C(/C)F. The number of ketones is 1. The van der Waals surface area contributed by atoms with Gasteiger partial charge in [-0.3, -0.25) is 4.79 Å². The number of halogens is 1. The lowest BCUT2D eigenvalue weighted by molar-refractivity contribution is -0.109. The standard InChI is InChI=1S/C14H20FNO3/c1-7-8-11(12(17)9(2)10(3)15)16-13(18)19-14(4,5)6/h7-8H,1-6H3/b8-7+,10-9-,16-11?. The summed E-state index contributed by atoms with van der Waals surface area (Å²) < 4.78 is 18.0. The zero-order chi connectivity index (χ0) is 15.2. The lowest BCUT2D eigenvalue weighted by Crippen LogP contribution is -2.24. The molecule has 0 aliphatic heterocycles. The van der Waals surface area contributed by atoms with Gasteiger partial charge in [-0.05, 0) is 47.6 Å². The molecule has 0 spiro atoms. The quantitative estimate of drug-likeness (QED) is 0.579. The topological polar surface area (TPSA) is 55.7 Å². The van der Waals surface area contributed by atoms with Gasteiger partial charge in [0.05, 0.1) is 0 Å². The molecule has 106 valence electrons. The molecule has 0 atom stereocenters. The van der Waals surface area contributed by atoms with E-state index < -0.39 is 23.3 Å². The summed E-state index contributed by atoms with van der Waals surface area (Å²) in [4.78, 5) is 27.0. The number of nitrogens with zero attached hydrogens (tertiary/aromatic N) is 1. The van der Waals surface area contributed by atoms with E-state index in [1.54, 1.807) is 33.8 Å². The van der Waals surface area contributed by atoms with E-state index in [-0.39, 0.29) is 11.3 Å². The molecule has 0 N–H and O–H groups in total. The first-order valence-corrected chi connectivity index (χ1v) is 5.90. The Kier molecular flexibility index (Phi) is 6.32. The average molecular weight is 269 g/mol. The molecule has 0 heterocycles. The number of aliphatic imine (C=N–C) groups is 1. The monoisotopic (exact) mass is 269 g/mol. The molecule has 5 heteroatoms. The van der Waals surface area contributed by atoms with E-state index in [4.69, 9.17) is 4.74 Å². The van der Waals surface area contributed by atoms with Crippen LogP contribution in [0.4, 0.5) is 9.18 Å². The van der Waals surface area contributed by atoms with Gasteiger partial charge in [0.2, 0.25) is 5.78 Å². The van der Waals surface area contributed by atoms with E-state index in [2.05, 4.69) is 4.99 Å². The van der Waals surface area contributed by atoms with Crippen LogP contribution in [0.5, 0.6) is 0 Å². The van der Waals surface area contributed by atoms with Crippen LogP contribution in [0.2, 0.25) is 0 Å². The average Bonchev–Trinajstić information content (AvgIpc) is 2.23. The molecule has 0 fully saturated rings. The maximum Gasteiger partial charge on any atom is 0.434 e. The van der Waals surface area contributed by atoms with E-state index in [1.165, 1.54) is 19.9 Å². The van der Waals surface area contributed by atoms with Gasteiger partial charge in [0, 0.05) is 5.57 Å². The first kappa shape index (κ1) is 17.2. The van der Waals surface area contributed by atoms with Crippen LogP contribution in [0, 0.1) is 0 Å². The largest absolute Gasteiger partial charge is 0.442 e. The smallest absolute Gasteiger partial charge is 0.434 e. The van der Waals surface area contributed by atoms with E-state index in [9.17, 15) is 14.0 Å². The number of hydrogen-bond donors (Lipinski definition) is 0. The van der Waals surface area contributed by atoms with E-state index in [0.29, 0.717) is 0 Å². The van der Waals surface area contributed by atoms with Crippen molar-refractivity contribution < 1.29 is 18.7 Å². The van der Waals surface area contributed by atoms with Crippen molar-refractivity contribution in [2.45, 2.75) is 47.1 Å². The van der Waals surface area contributed by atoms with Gasteiger partial charge in [0.15, 0.2) is 0 Å². The highest BCUT2D eigenvalue weighted by molar-refractivity contribution is 6.50. The Labute approximate surface area is 113 Å². The van der Waals surface area contributed by atoms with Crippen LogP contribution < -0.4 is 0 Å². The highest BCUT2D eigenvalue weighted by Crippen LogP contribution is 2.10. The fourth-order valence-corrected chi connectivity index (χ4v) is 1.05. The first-order chi connectivity index (χ1) is 8.58. The Morgan fingerprint density at radius 3 is 2.11 bits per heavy atom. The zero-order valence-electron chi connectivity index (χ0n) is 12.2. The highest BCUT2D eigenvalue weighted by Gasteiger charge is 2.19. The third kappa shape index (κ3) is 6.64. The summed E-state index contributed by atoms with van der Waals surface area (Å²) in [6.45, 7) is 9.25. The molecule has 0 bridgehead atoms. The van der Waals surface area contributed by atoms with Crippen molar-refractivity contribution in [2.75, 3.05) is 0 Å². The zero-order valence-corrected chi connectivity index (χ0v) is 12.2. The number of ether oxygens (including phenoxy) is 1. The molecule has 0 aliphatic carbocycles. The van der Waals surface area contributed by atoms with Crippen molar-refractivity contribution in [2.24, 2.45) is 4.99 Å². The number of rotatable bonds is 3. The Morgan fingerprint density at radius 1 is 1.21 bits per heavy atom. The van der Waals surface area contributed by atoms with Crippen LogP contribution in [0.15, 0.2) is 28.5 Å². The van der Waals surface area contributed by atoms with Crippen molar-refractivity contribution >= 4 is 17.6 Å². The molecule has 0 aromatic rings. The van der Waals surface area contributed by atoms with Crippen molar-refractivity contribution in [3.05, 3.63) is 23.6 Å². The van der Waals surface area contributed by atoms with Crippen LogP contribution in [-0.2, 0) is 9.53 Å². The molecule has 0 saturated heterocycles. The summed E-state index contributed by atoms with van der Waals surface area (Å²) in [5, 5.41) is 0. The molecule has 0 aliphatic rings. The van der Waals surface area contributed by atoms with E-state index in [0.717, 1.165) is 0 Å². The van der Waals surface area contributed by atoms with E-state index in [1.807, 2.05) is 0 Å². The van der Waals surface area contributed by atoms with Crippen molar-refractivity contribution in [3.63, 3.8) is 0 Å². The second-order valence-electron chi connectivity index (χ2n) is 4.96. The summed E-state index contributed by atoms with van der Waals surface area (Å²) >= 11 is 0. The van der Waals surface area contributed by atoms with Gasteiger partial charge in [-0.15, -0.1) is 0 Å². The summed E-state index contributed by atoms with van der Waals surface area (Å²) in [6.07, 6.45) is 2.01. The first-order valence-electron chi connectivity index (χ1n) is 5.90. The van der Waals surface area contributed by atoms with Gasteiger partial charge in [-0.25, -0.2) is 9.18 Å². The number of carbonyl (C=O) groups is 2. The van der Waals surface area contributed by atoms with Crippen LogP contribution in [0.1, 0.15) is 41.5 Å². The normalized spacial score (nSPS) is 14.4. The van der Waals surface area contributed by atoms with Gasteiger partial charge in [0.1, 0.15) is 17.1 Å². The summed E-state index contributed by atoms with van der Waals surface area (Å²) in [6, 6.07) is 0.